The van der Waals surface area contributed by atoms with Gasteiger partial charge in [0.1, 0.15) is 28.1 Å². The van der Waals surface area contributed by atoms with Crippen LogP contribution in [0.3, 0.4) is 0 Å². The molecule has 0 bridgehead atoms. The summed E-state index contributed by atoms with van der Waals surface area (Å²) >= 11 is 0. The first-order valence-corrected chi connectivity index (χ1v) is 12.2. The van der Waals surface area contributed by atoms with E-state index in [1.165, 1.54) is 13.2 Å². The third-order valence-electron chi connectivity index (χ3n) is 5.19. The Kier molecular flexibility index (Phi) is 8.16. The van der Waals surface area contributed by atoms with Gasteiger partial charge >= 0.3 is 5.97 Å². The molecule has 33 heavy (non-hydrogen) atoms. The highest BCUT2D eigenvalue weighted by Gasteiger charge is 2.37. The molecule has 1 aliphatic heterocycles. The summed E-state index contributed by atoms with van der Waals surface area (Å²) in [6.07, 6.45) is 3.24. The number of carbonyl (C=O) groups excluding carboxylic acids is 2. The molecule has 0 radical (unpaired) electrons. The van der Waals surface area contributed by atoms with Crippen molar-refractivity contribution in [1.82, 2.24) is 4.72 Å². The molecule has 0 spiro atoms. The van der Waals surface area contributed by atoms with Crippen LogP contribution < -0.4 is 14.2 Å². The Morgan fingerprint density at radius 2 is 1.76 bits per heavy atom. The van der Waals surface area contributed by atoms with Gasteiger partial charge in [-0.2, -0.15) is 0 Å². The summed E-state index contributed by atoms with van der Waals surface area (Å²) in [5, 5.41) is 8.97. The van der Waals surface area contributed by atoms with Gasteiger partial charge in [-0.1, -0.05) is 18.2 Å². The SMILES string of the molecule is COC(=O)c1c(O)cccc1OCCCCCCOc1cccc(C2CC(=O)NS2(=O)=O)c1. The summed E-state index contributed by atoms with van der Waals surface area (Å²) in [6, 6.07) is 11.4. The number of phenolic OH excluding ortho intramolecular Hbond substituents is 1. The summed E-state index contributed by atoms with van der Waals surface area (Å²) in [4.78, 5) is 23.2. The zero-order valence-corrected chi connectivity index (χ0v) is 19.1. The molecule has 1 aliphatic rings. The van der Waals surface area contributed by atoms with E-state index in [1.807, 2.05) is 4.72 Å². The lowest BCUT2D eigenvalue weighted by atomic mass is 10.1. The number of rotatable bonds is 11. The third kappa shape index (κ3) is 6.38. The fraction of sp³-hybridized carbons (Fsp3) is 0.391. The maximum atomic E-state index is 12.0. The largest absolute Gasteiger partial charge is 0.507 e. The van der Waals surface area contributed by atoms with Crippen LogP contribution in [0.4, 0.5) is 0 Å². The summed E-state index contributed by atoms with van der Waals surface area (Å²) < 4.78 is 42.1. The van der Waals surface area contributed by atoms with Gasteiger partial charge in [-0.05, 0) is 55.5 Å². The highest BCUT2D eigenvalue weighted by atomic mass is 32.2. The van der Waals surface area contributed by atoms with Crippen LogP contribution in [-0.2, 0) is 19.6 Å². The van der Waals surface area contributed by atoms with Gasteiger partial charge in [-0.25, -0.2) is 13.2 Å². The minimum absolute atomic E-state index is 0.0150. The van der Waals surface area contributed by atoms with E-state index in [-0.39, 0.29) is 23.5 Å². The summed E-state index contributed by atoms with van der Waals surface area (Å²) in [7, 11) is -2.44. The van der Waals surface area contributed by atoms with Gasteiger partial charge in [-0.3, -0.25) is 9.52 Å². The molecule has 0 aliphatic carbocycles. The van der Waals surface area contributed by atoms with Crippen molar-refractivity contribution in [2.45, 2.75) is 37.4 Å². The smallest absolute Gasteiger partial charge is 0.345 e. The molecule has 1 saturated heterocycles. The molecular formula is C23H27NO8S. The van der Waals surface area contributed by atoms with Crippen molar-refractivity contribution in [3.05, 3.63) is 53.6 Å². The molecule has 10 heteroatoms. The monoisotopic (exact) mass is 477 g/mol. The molecule has 1 amide bonds. The maximum Gasteiger partial charge on any atom is 0.345 e. The third-order valence-corrected chi connectivity index (χ3v) is 6.89. The predicted molar refractivity (Wildman–Crippen MR) is 120 cm³/mol. The molecule has 3 rings (SSSR count). The maximum absolute atomic E-state index is 12.0. The van der Waals surface area contributed by atoms with E-state index < -0.39 is 27.1 Å². The first-order valence-electron chi connectivity index (χ1n) is 10.6. The average molecular weight is 478 g/mol. The van der Waals surface area contributed by atoms with Crippen LogP contribution in [0.15, 0.2) is 42.5 Å². The van der Waals surface area contributed by atoms with E-state index in [0.29, 0.717) is 24.5 Å². The fourth-order valence-corrected chi connectivity index (χ4v) is 4.95. The second-order valence-corrected chi connectivity index (χ2v) is 9.45. The number of carbonyl (C=O) groups is 2. The molecule has 1 unspecified atom stereocenters. The van der Waals surface area contributed by atoms with Gasteiger partial charge in [0.05, 0.1) is 26.7 Å². The van der Waals surface area contributed by atoms with E-state index >= 15 is 0 Å². The molecule has 2 N–H and O–H groups in total. The number of phenols is 1. The van der Waals surface area contributed by atoms with Crippen LogP contribution in [0.25, 0.3) is 0 Å². The Labute approximate surface area is 192 Å². The van der Waals surface area contributed by atoms with E-state index in [0.717, 1.165) is 25.7 Å². The van der Waals surface area contributed by atoms with Gasteiger partial charge in [0.15, 0.2) is 0 Å². The molecule has 1 fully saturated rings. The van der Waals surface area contributed by atoms with Crippen LogP contribution >= 0.6 is 0 Å². The van der Waals surface area contributed by atoms with E-state index in [9.17, 15) is 23.1 Å². The number of aromatic hydroxyl groups is 1. The number of esters is 1. The lowest BCUT2D eigenvalue weighted by molar-refractivity contribution is -0.118. The van der Waals surface area contributed by atoms with Gasteiger partial charge in [0.2, 0.25) is 15.9 Å². The zero-order valence-electron chi connectivity index (χ0n) is 18.3. The highest BCUT2D eigenvalue weighted by Crippen LogP contribution is 2.32. The molecule has 1 atom stereocenters. The Morgan fingerprint density at radius 3 is 2.42 bits per heavy atom. The molecule has 178 valence electrons. The minimum atomic E-state index is -3.68. The molecule has 2 aromatic rings. The van der Waals surface area contributed by atoms with Gasteiger partial charge in [-0.15, -0.1) is 0 Å². The van der Waals surface area contributed by atoms with E-state index in [2.05, 4.69) is 4.74 Å². The Bertz CT molecular complexity index is 1100. The fourth-order valence-electron chi connectivity index (χ4n) is 3.53. The number of amides is 1. The van der Waals surface area contributed by atoms with E-state index in [1.54, 1.807) is 36.4 Å². The quantitative estimate of drug-likeness (QED) is 0.373. The molecule has 9 nitrogen and oxygen atoms in total. The van der Waals surface area contributed by atoms with Crippen LogP contribution in [0.2, 0.25) is 0 Å². The Morgan fingerprint density at radius 1 is 1.06 bits per heavy atom. The highest BCUT2D eigenvalue weighted by molar-refractivity contribution is 7.90. The normalized spacial score (nSPS) is 16.8. The number of nitrogens with one attached hydrogen (secondary N) is 1. The average Bonchev–Trinajstić information content (AvgIpc) is 3.07. The van der Waals surface area contributed by atoms with Crippen molar-refractivity contribution in [2.24, 2.45) is 0 Å². The number of benzene rings is 2. The van der Waals surface area contributed by atoms with Crippen LogP contribution in [0.5, 0.6) is 17.2 Å². The molecular weight excluding hydrogens is 450 g/mol. The second-order valence-electron chi connectivity index (χ2n) is 7.59. The standard InChI is InChI=1S/C23H27NO8S/c1-30-23(27)22-18(25)10-7-11-19(22)32-13-5-3-2-4-12-31-17-9-6-8-16(14-17)20-15-21(26)24-33(20,28)29/h6-11,14,20,25H,2-5,12-13,15H2,1H3,(H,24,26). The van der Waals surface area contributed by atoms with Gasteiger partial charge in [0, 0.05) is 0 Å². The number of hydrogen-bond acceptors (Lipinski definition) is 8. The first kappa shape index (κ1) is 24.4. The van der Waals surface area contributed by atoms with Crippen molar-refractivity contribution >= 4 is 21.9 Å². The first-order chi connectivity index (χ1) is 15.8. The van der Waals surface area contributed by atoms with Crippen LogP contribution in [-0.4, -0.2) is 45.7 Å². The number of methoxy groups -OCH3 is 1. The zero-order chi connectivity index (χ0) is 23.8. The summed E-state index contributed by atoms with van der Waals surface area (Å²) in [5.74, 6) is -0.497. The molecule has 0 aromatic heterocycles. The summed E-state index contributed by atoms with van der Waals surface area (Å²) in [6.45, 7) is 0.858. The van der Waals surface area contributed by atoms with Crippen molar-refractivity contribution in [2.75, 3.05) is 20.3 Å². The van der Waals surface area contributed by atoms with Crippen molar-refractivity contribution in [1.29, 1.82) is 0 Å². The van der Waals surface area contributed by atoms with Crippen molar-refractivity contribution in [3.63, 3.8) is 0 Å². The van der Waals surface area contributed by atoms with Crippen LogP contribution in [0.1, 0.15) is 53.3 Å². The van der Waals surface area contributed by atoms with Crippen LogP contribution in [0, 0.1) is 0 Å². The summed E-state index contributed by atoms with van der Waals surface area (Å²) in [5.41, 5.74) is 0.544. The molecule has 2 aromatic carbocycles. The Balaban J connectivity index is 1.37. The Hall–Kier alpha value is -3.27. The van der Waals surface area contributed by atoms with Crippen molar-refractivity contribution < 1.29 is 37.3 Å². The number of sulfonamides is 1. The predicted octanol–water partition coefficient (Wildman–Crippen LogP) is 3.09. The minimum Gasteiger partial charge on any atom is -0.507 e. The van der Waals surface area contributed by atoms with Gasteiger partial charge < -0.3 is 19.3 Å². The van der Waals surface area contributed by atoms with E-state index in [4.69, 9.17) is 9.47 Å². The second kappa shape index (κ2) is 11.0. The number of unbranched alkanes of at least 4 members (excludes halogenated alkanes) is 3. The van der Waals surface area contributed by atoms with Gasteiger partial charge in [0.25, 0.3) is 0 Å². The molecule has 1 heterocycles. The number of hydrogen-bond donors (Lipinski definition) is 2. The number of ether oxygens (including phenoxy) is 3. The topological polar surface area (TPSA) is 128 Å². The lowest BCUT2D eigenvalue weighted by Gasteiger charge is -2.12. The molecule has 0 saturated carbocycles. The van der Waals surface area contributed by atoms with Crippen molar-refractivity contribution in [3.8, 4) is 17.2 Å². The lowest BCUT2D eigenvalue weighted by Crippen LogP contribution is -2.21.